The molecule has 0 amide bonds. The third-order valence-corrected chi connectivity index (χ3v) is 6.81. The summed E-state index contributed by atoms with van der Waals surface area (Å²) < 4.78 is 3.30. The number of hydrogen-bond acceptors (Lipinski definition) is 1. The summed E-state index contributed by atoms with van der Waals surface area (Å²) in [5.74, 6) is 0.688. The van der Waals surface area contributed by atoms with Crippen LogP contribution in [-0.2, 0) is 13.0 Å². The van der Waals surface area contributed by atoms with Crippen molar-refractivity contribution in [1.82, 2.24) is 9.78 Å². The molecule has 19 heavy (non-hydrogen) atoms. The fourth-order valence-electron chi connectivity index (χ4n) is 2.57. The van der Waals surface area contributed by atoms with Crippen LogP contribution in [0, 0.1) is 18.3 Å². The lowest BCUT2D eigenvalue weighted by Crippen LogP contribution is -2.30. The molecule has 0 unspecified atom stereocenters. The monoisotopic (exact) mass is 456 g/mol. The molecule has 2 nitrogen and oxygen atoms in total. The molecule has 0 N–H and O–H groups in total. The Bertz CT molecular complexity index is 409. The van der Waals surface area contributed by atoms with Crippen LogP contribution in [0.2, 0.25) is 0 Å². The van der Waals surface area contributed by atoms with E-state index in [1.807, 2.05) is 0 Å². The van der Waals surface area contributed by atoms with Gasteiger partial charge in [0.2, 0.25) is 0 Å². The SMILES string of the molecule is CCn1nc(C)c(Br)c1CC(CBr)(CBr)CC(C)C. The topological polar surface area (TPSA) is 17.8 Å². The van der Waals surface area contributed by atoms with Gasteiger partial charge in [-0.25, -0.2) is 0 Å². The third-order valence-electron chi connectivity index (χ3n) is 3.40. The standard InChI is InChI=1S/C14H23Br3N2/c1-5-19-12(13(17)11(4)18-19)7-14(8-15,9-16)6-10(2)3/h10H,5-9H2,1-4H3. The number of hydrogen-bond donors (Lipinski definition) is 0. The van der Waals surface area contributed by atoms with Crippen LogP contribution in [0.3, 0.4) is 0 Å². The quantitative estimate of drug-likeness (QED) is 0.504. The maximum atomic E-state index is 4.60. The predicted molar refractivity (Wildman–Crippen MR) is 93.5 cm³/mol. The molecule has 0 saturated carbocycles. The van der Waals surface area contributed by atoms with E-state index in [4.69, 9.17) is 0 Å². The number of rotatable bonds is 7. The van der Waals surface area contributed by atoms with Crippen molar-refractivity contribution in [3.05, 3.63) is 15.9 Å². The summed E-state index contributed by atoms with van der Waals surface area (Å²) in [5.41, 5.74) is 2.65. The van der Waals surface area contributed by atoms with Crippen molar-refractivity contribution >= 4 is 47.8 Å². The van der Waals surface area contributed by atoms with Crippen molar-refractivity contribution in [2.45, 2.75) is 47.1 Å². The number of halogens is 3. The first-order valence-corrected chi connectivity index (χ1v) is 9.76. The lowest BCUT2D eigenvalue weighted by atomic mass is 9.80. The van der Waals surface area contributed by atoms with E-state index in [1.54, 1.807) is 0 Å². The molecule has 0 aliphatic heterocycles. The highest BCUT2D eigenvalue weighted by atomic mass is 79.9. The van der Waals surface area contributed by atoms with E-state index in [2.05, 4.69) is 85.3 Å². The molecule has 0 aromatic carbocycles. The second-order valence-corrected chi connectivity index (χ2v) is 7.62. The van der Waals surface area contributed by atoms with Gasteiger partial charge in [-0.2, -0.15) is 5.10 Å². The van der Waals surface area contributed by atoms with Gasteiger partial charge in [0.05, 0.1) is 15.9 Å². The van der Waals surface area contributed by atoms with E-state index in [0.717, 1.165) is 29.3 Å². The highest BCUT2D eigenvalue weighted by Crippen LogP contribution is 2.37. The van der Waals surface area contributed by atoms with Gasteiger partial charge in [0.1, 0.15) is 0 Å². The van der Waals surface area contributed by atoms with E-state index in [9.17, 15) is 0 Å². The van der Waals surface area contributed by atoms with Crippen LogP contribution >= 0.6 is 47.8 Å². The molecule has 0 bridgehead atoms. The molecule has 1 aromatic heterocycles. The van der Waals surface area contributed by atoms with E-state index in [1.165, 1.54) is 16.6 Å². The Morgan fingerprint density at radius 2 is 1.84 bits per heavy atom. The van der Waals surface area contributed by atoms with Gasteiger partial charge in [-0.15, -0.1) is 0 Å². The van der Waals surface area contributed by atoms with Crippen molar-refractivity contribution in [2.75, 3.05) is 10.7 Å². The molecule has 0 aliphatic rings. The molecule has 1 aromatic rings. The van der Waals surface area contributed by atoms with Gasteiger partial charge in [0, 0.05) is 17.2 Å². The number of nitrogens with zero attached hydrogens (tertiary/aromatic N) is 2. The van der Waals surface area contributed by atoms with Crippen LogP contribution < -0.4 is 0 Å². The molecule has 1 heterocycles. The molecule has 0 aliphatic carbocycles. The molecule has 0 spiro atoms. The maximum Gasteiger partial charge on any atom is 0.0738 e. The van der Waals surface area contributed by atoms with Crippen molar-refractivity contribution in [3.63, 3.8) is 0 Å². The van der Waals surface area contributed by atoms with Crippen LogP contribution in [0.5, 0.6) is 0 Å². The fourth-order valence-corrected chi connectivity index (χ4v) is 4.78. The largest absolute Gasteiger partial charge is 0.268 e. The average molecular weight is 459 g/mol. The fraction of sp³-hybridized carbons (Fsp3) is 0.786. The first-order valence-electron chi connectivity index (χ1n) is 6.72. The zero-order chi connectivity index (χ0) is 14.6. The summed E-state index contributed by atoms with van der Waals surface area (Å²) in [6.07, 6.45) is 2.24. The average Bonchev–Trinajstić information content (AvgIpc) is 2.64. The zero-order valence-corrected chi connectivity index (χ0v) is 16.9. The van der Waals surface area contributed by atoms with E-state index >= 15 is 0 Å². The van der Waals surface area contributed by atoms with Crippen molar-refractivity contribution in [2.24, 2.45) is 11.3 Å². The van der Waals surface area contributed by atoms with Gasteiger partial charge in [-0.3, -0.25) is 4.68 Å². The first kappa shape index (κ1) is 17.7. The van der Waals surface area contributed by atoms with Crippen LogP contribution in [0.4, 0.5) is 0 Å². The molecule has 0 saturated heterocycles. The van der Waals surface area contributed by atoms with Crippen LogP contribution in [0.25, 0.3) is 0 Å². The Hall–Kier alpha value is 0.650. The van der Waals surface area contributed by atoms with Gasteiger partial charge >= 0.3 is 0 Å². The van der Waals surface area contributed by atoms with Crippen LogP contribution in [0.15, 0.2) is 4.47 Å². The number of aromatic nitrogens is 2. The highest BCUT2D eigenvalue weighted by Gasteiger charge is 2.31. The Morgan fingerprint density at radius 1 is 1.26 bits per heavy atom. The molecule has 0 radical (unpaired) electrons. The summed E-state index contributed by atoms with van der Waals surface area (Å²) >= 11 is 11.1. The third kappa shape index (κ3) is 4.31. The number of alkyl halides is 2. The second kappa shape index (κ2) is 7.60. The van der Waals surface area contributed by atoms with Gasteiger partial charge in [-0.05, 0) is 54.0 Å². The summed E-state index contributed by atoms with van der Waals surface area (Å²) in [7, 11) is 0. The Labute approximate surface area is 142 Å². The minimum atomic E-state index is 0.246. The van der Waals surface area contributed by atoms with Crippen LogP contribution in [0.1, 0.15) is 38.6 Å². The first-order chi connectivity index (χ1) is 8.89. The molecule has 1 rings (SSSR count). The Kier molecular flexibility index (Phi) is 7.08. The highest BCUT2D eigenvalue weighted by molar-refractivity contribution is 9.10. The number of aryl methyl sites for hydroxylation is 2. The summed E-state index contributed by atoms with van der Waals surface area (Å²) in [5, 5.41) is 6.61. The second-order valence-electron chi connectivity index (χ2n) is 5.70. The Balaban J connectivity index is 3.09. The van der Waals surface area contributed by atoms with E-state index < -0.39 is 0 Å². The van der Waals surface area contributed by atoms with E-state index in [-0.39, 0.29) is 5.41 Å². The van der Waals surface area contributed by atoms with Crippen molar-refractivity contribution in [1.29, 1.82) is 0 Å². The lowest BCUT2D eigenvalue weighted by Gasteiger charge is -2.32. The molecule has 0 atom stereocenters. The van der Waals surface area contributed by atoms with Gasteiger partial charge in [-0.1, -0.05) is 45.7 Å². The summed E-state index contributed by atoms with van der Waals surface area (Å²) in [4.78, 5) is 0. The minimum Gasteiger partial charge on any atom is -0.268 e. The molecular weight excluding hydrogens is 436 g/mol. The molecular formula is C14H23Br3N2. The maximum absolute atomic E-state index is 4.60. The van der Waals surface area contributed by atoms with Gasteiger partial charge in [0.15, 0.2) is 0 Å². The summed E-state index contributed by atoms with van der Waals surface area (Å²) in [6.45, 7) is 9.71. The Morgan fingerprint density at radius 3 is 2.26 bits per heavy atom. The van der Waals surface area contributed by atoms with E-state index in [0.29, 0.717) is 5.92 Å². The minimum absolute atomic E-state index is 0.246. The zero-order valence-electron chi connectivity index (χ0n) is 12.1. The molecule has 110 valence electrons. The normalized spacial score (nSPS) is 12.4. The predicted octanol–water partition coefficient (Wildman–Crippen LogP) is 5.34. The van der Waals surface area contributed by atoms with Crippen molar-refractivity contribution < 1.29 is 0 Å². The van der Waals surface area contributed by atoms with Crippen molar-refractivity contribution in [3.8, 4) is 0 Å². The van der Waals surface area contributed by atoms with Gasteiger partial charge < -0.3 is 0 Å². The van der Waals surface area contributed by atoms with Gasteiger partial charge in [0.25, 0.3) is 0 Å². The summed E-state index contributed by atoms with van der Waals surface area (Å²) in [6, 6.07) is 0. The molecule has 5 heteroatoms. The lowest BCUT2D eigenvalue weighted by molar-refractivity contribution is 0.296. The molecule has 0 fully saturated rings. The van der Waals surface area contributed by atoms with Crippen LogP contribution in [-0.4, -0.2) is 20.4 Å². The smallest absolute Gasteiger partial charge is 0.0738 e.